The Balaban J connectivity index is 1.60. The third-order valence-corrected chi connectivity index (χ3v) is 5.82. The number of aromatic amines is 1. The molecule has 0 spiro atoms. The van der Waals surface area contributed by atoms with Crippen LogP contribution < -0.4 is 5.32 Å². The Labute approximate surface area is 184 Å². The van der Waals surface area contributed by atoms with Crippen LogP contribution in [0.1, 0.15) is 29.8 Å². The smallest absolute Gasteiger partial charge is 0.161 e. The van der Waals surface area contributed by atoms with Crippen LogP contribution in [0.2, 0.25) is 0 Å². The Morgan fingerprint density at radius 1 is 0.906 bits per heavy atom. The molecule has 4 aromatic rings. The van der Waals surface area contributed by atoms with Crippen molar-refractivity contribution in [3.05, 3.63) is 94.8 Å². The van der Waals surface area contributed by atoms with Crippen molar-refractivity contribution in [1.82, 2.24) is 15.3 Å². The molecular formula is C26H20F2N4. The van der Waals surface area contributed by atoms with E-state index in [4.69, 9.17) is 0 Å². The van der Waals surface area contributed by atoms with Crippen molar-refractivity contribution in [2.24, 2.45) is 0 Å². The van der Waals surface area contributed by atoms with Crippen molar-refractivity contribution in [1.29, 1.82) is 5.26 Å². The molecule has 158 valence electrons. The average molecular weight is 426 g/mol. The molecule has 6 heteroatoms. The first-order valence-corrected chi connectivity index (χ1v) is 10.5. The van der Waals surface area contributed by atoms with Gasteiger partial charge >= 0.3 is 0 Å². The van der Waals surface area contributed by atoms with Gasteiger partial charge in [0.2, 0.25) is 0 Å². The van der Waals surface area contributed by atoms with Gasteiger partial charge in [0.1, 0.15) is 5.82 Å². The molecule has 0 amide bonds. The predicted molar refractivity (Wildman–Crippen MR) is 121 cm³/mol. The van der Waals surface area contributed by atoms with Gasteiger partial charge < -0.3 is 10.3 Å². The zero-order valence-electron chi connectivity index (χ0n) is 17.3. The summed E-state index contributed by atoms with van der Waals surface area (Å²) in [5.74, 6) is -1.19. The molecule has 1 aliphatic rings. The molecule has 2 N–H and O–H groups in total. The fourth-order valence-electron chi connectivity index (χ4n) is 4.21. The first kappa shape index (κ1) is 20.1. The van der Waals surface area contributed by atoms with Crippen molar-refractivity contribution >= 4 is 16.6 Å². The van der Waals surface area contributed by atoms with Crippen LogP contribution in [0, 0.1) is 23.0 Å². The SMILES string of the molecule is N#Cc1cccc(-c2ccc(C(=C3CCNCC3)c3nc4cc(F)c(F)cc4[nH]3)cc2)c1. The second kappa shape index (κ2) is 8.37. The highest BCUT2D eigenvalue weighted by Crippen LogP contribution is 2.32. The molecule has 0 radical (unpaired) electrons. The highest BCUT2D eigenvalue weighted by atomic mass is 19.2. The Morgan fingerprint density at radius 3 is 2.41 bits per heavy atom. The van der Waals surface area contributed by atoms with Crippen molar-refractivity contribution in [2.45, 2.75) is 12.8 Å². The largest absolute Gasteiger partial charge is 0.338 e. The molecule has 0 atom stereocenters. The second-order valence-corrected chi connectivity index (χ2v) is 7.87. The van der Waals surface area contributed by atoms with Gasteiger partial charge in [-0.1, -0.05) is 42.0 Å². The van der Waals surface area contributed by atoms with Crippen molar-refractivity contribution in [2.75, 3.05) is 13.1 Å². The summed E-state index contributed by atoms with van der Waals surface area (Å²) in [7, 11) is 0. The van der Waals surface area contributed by atoms with Gasteiger partial charge in [-0.15, -0.1) is 0 Å². The van der Waals surface area contributed by atoms with Gasteiger partial charge in [-0.3, -0.25) is 0 Å². The zero-order valence-corrected chi connectivity index (χ0v) is 17.3. The third-order valence-electron chi connectivity index (χ3n) is 5.82. The Kier molecular flexibility index (Phi) is 5.26. The van der Waals surface area contributed by atoms with Gasteiger partial charge in [0.15, 0.2) is 11.6 Å². The summed E-state index contributed by atoms with van der Waals surface area (Å²) in [6, 6.07) is 20.1. The fourth-order valence-corrected chi connectivity index (χ4v) is 4.21. The molecule has 4 nitrogen and oxygen atoms in total. The van der Waals surface area contributed by atoms with Gasteiger partial charge in [0, 0.05) is 17.7 Å². The molecule has 3 aromatic carbocycles. The maximum absolute atomic E-state index is 13.7. The van der Waals surface area contributed by atoms with Crippen LogP contribution in [0.3, 0.4) is 0 Å². The van der Waals surface area contributed by atoms with Crippen LogP contribution in [0.15, 0.2) is 66.2 Å². The number of imidazole rings is 1. The summed E-state index contributed by atoms with van der Waals surface area (Å²) in [4.78, 5) is 7.78. The minimum Gasteiger partial charge on any atom is -0.338 e. The monoisotopic (exact) mass is 426 g/mol. The Morgan fingerprint density at radius 2 is 1.66 bits per heavy atom. The van der Waals surface area contributed by atoms with Crippen molar-refractivity contribution < 1.29 is 8.78 Å². The van der Waals surface area contributed by atoms with Crippen LogP contribution in [0.4, 0.5) is 8.78 Å². The van der Waals surface area contributed by atoms with Crippen LogP contribution in [0.5, 0.6) is 0 Å². The van der Waals surface area contributed by atoms with Gasteiger partial charge in [-0.25, -0.2) is 13.8 Å². The molecular weight excluding hydrogens is 406 g/mol. The van der Waals surface area contributed by atoms with E-state index in [2.05, 4.69) is 21.4 Å². The van der Waals surface area contributed by atoms with Crippen LogP contribution in [-0.4, -0.2) is 23.1 Å². The molecule has 0 bridgehead atoms. The number of nitriles is 1. The second-order valence-electron chi connectivity index (χ2n) is 7.87. The summed E-state index contributed by atoms with van der Waals surface area (Å²) in [5, 5.41) is 12.5. The maximum Gasteiger partial charge on any atom is 0.161 e. The number of hydrogen-bond donors (Lipinski definition) is 2. The van der Waals surface area contributed by atoms with Crippen LogP contribution in [-0.2, 0) is 0 Å². The lowest BCUT2D eigenvalue weighted by Gasteiger charge is -2.20. The quantitative estimate of drug-likeness (QED) is 0.450. The van der Waals surface area contributed by atoms with E-state index in [1.54, 1.807) is 6.07 Å². The lowest BCUT2D eigenvalue weighted by Crippen LogP contribution is -2.24. The Hall–Kier alpha value is -3.82. The van der Waals surface area contributed by atoms with E-state index in [0.717, 1.165) is 60.3 Å². The molecule has 0 aliphatic carbocycles. The number of rotatable bonds is 3. The first-order chi connectivity index (χ1) is 15.6. The van der Waals surface area contributed by atoms with Crippen molar-refractivity contribution in [3.8, 4) is 17.2 Å². The minimum absolute atomic E-state index is 0.399. The van der Waals surface area contributed by atoms with Crippen LogP contribution in [0.25, 0.3) is 27.7 Å². The first-order valence-electron chi connectivity index (χ1n) is 10.5. The zero-order chi connectivity index (χ0) is 22.1. The standard InChI is InChI=1S/C26H20F2N4/c27-21-13-23-24(14-22(21)28)32-26(31-23)25(19-8-10-30-11-9-19)18-6-4-17(5-7-18)20-3-1-2-16(12-20)15-29/h1-7,12-14,30H,8-11H2,(H,31,32). The molecule has 1 fully saturated rings. The van der Waals surface area contributed by atoms with Crippen molar-refractivity contribution in [3.63, 3.8) is 0 Å². The van der Waals surface area contributed by atoms with E-state index in [-0.39, 0.29) is 0 Å². The number of nitrogens with zero attached hydrogens (tertiary/aromatic N) is 2. The topological polar surface area (TPSA) is 64.5 Å². The number of nitrogens with one attached hydrogen (secondary N) is 2. The number of halogens is 2. The molecule has 1 aliphatic heterocycles. The molecule has 0 unspecified atom stereocenters. The lowest BCUT2D eigenvalue weighted by molar-refractivity contribution is 0.510. The molecule has 2 heterocycles. The van der Waals surface area contributed by atoms with Gasteiger partial charge in [-0.05, 0) is 54.8 Å². The maximum atomic E-state index is 13.7. The van der Waals surface area contributed by atoms with Gasteiger partial charge in [0.05, 0.1) is 22.7 Å². The van der Waals surface area contributed by atoms with E-state index < -0.39 is 11.6 Å². The minimum atomic E-state index is -0.907. The van der Waals surface area contributed by atoms with E-state index in [0.29, 0.717) is 22.4 Å². The summed E-state index contributed by atoms with van der Waals surface area (Å²) in [5.41, 5.74) is 6.68. The lowest BCUT2D eigenvalue weighted by atomic mass is 9.92. The van der Waals surface area contributed by atoms with Crippen LogP contribution >= 0.6 is 0 Å². The molecule has 32 heavy (non-hydrogen) atoms. The summed E-state index contributed by atoms with van der Waals surface area (Å²) >= 11 is 0. The van der Waals surface area contributed by atoms with E-state index >= 15 is 0 Å². The molecule has 1 saturated heterocycles. The Bertz CT molecular complexity index is 1330. The number of hydrogen-bond acceptors (Lipinski definition) is 3. The van der Waals surface area contributed by atoms with E-state index in [9.17, 15) is 14.0 Å². The number of aromatic nitrogens is 2. The summed E-state index contributed by atoms with van der Waals surface area (Å²) in [6.07, 6.45) is 1.75. The highest BCUT2D eigenvalue weighted by Gasteiger charge is 2.19. The average Bonchev–Trinajstić information content (AvgIpc) is 3.22. The number of H-pyrrole nitrogens is 1. The van der Waals surface area contributed by atoms with Gasteiger partial charge in [0.25, 0.3) is 0 Å². The highest BCUT2D eigenvalue weighted by molar-refractivity contribution is 5.85. The van der Waals surface area contributed by atoms with E-state index in [1.165, 1.54) is 5.57 Å². The summed E-state index contributed by atoms with van der Waals surface area (Å²) in [6.45, 7) is 1.75. The summed E-state index contributed by atoms with van der Waals surface area (Å²) < 4.78 is 27.5. The molecule has 5 rings (SSSR count). The third kappa shape index (κ3) is 3.79. The predicted octanol–water partition coefficient (Wildman–Crippen LogP) is 5.57. The normalized spacial score (nSPS) is 13.8. The fraction of sp³-hybridized carbons (Fsp3) is 0.154. The van der Waals surface area contributed by atoms with Gasteiger partial charge in [-0.2, -0.15) is 5.26 Å². The van der Waals surface area contributed by atoms with E-state index in [1.807, 2.05) is 42.5 Å². The number of piperidine rings is 1. The number of fused-ring (bicyclic) bond motifs is 1. The molecule has 1 aromatic heterocycles. The molecule has 0 saturated carbocycles. The number of benzene rings is 3.